The van der Waals surface area contributed by atoms with Gasteiger partial charge in [0.2, 0.25) is 0 Å². The molecule has 0 aliphatic rings. The second-order valence-corrected chi connectivity index (χ2v) is 5.08. The Balaban J connectivity index is 2.81. The van der Waals surface area contributed by atoms with Crippen LogP contribution in [0.15, 0.2) is 60.0 Å². The zero-order chi connectivity index (χ0) is 17.1. The Labute approximate surface area is 133 Å². The van der Waals surface area contributed by atoms with E-state index in [2.05, 4.69) is 18.1 Å². The Morgan fingerprint density at radius 2 is 2.13 bits per heavy atom. The van der Waals surface area contributed by atoms with Crippen LogP contribution in [0.4, 0.5) is 5.69 Å². The summed E-state index contributed by atoms with van der Waals surface area (Å²) in [6.45, 7) is 10.9. The van der Waals surface area contributed by atoms with E-state index in [0.717, 1.165) is 5.57 Å². The van der Waals surface area contributed by atoms with Crippen LogP contribution in [0.2, 0.25) is 0 Å². The molecule has 0 spiro atoms. The summed E-state index contributed by atoms with van der Waals surface area (Å²) in [5, 5.41) is 10.9. The lowest BCUT2D eigenvalue weighted by molar-refractivity contribution is -0.384. The first-order valence-electron chi connectivity index (χ1n) is 7.03. The average Bonchev–Trinajstić information content (AvgIpc) is 2.52. The Morgan fingerprint density at radius 3 is 2.70 bits per heavy atom. The topological polar surface area (TPSA) is 78.0 Å². The molecule has 0 fully saturated rings. The fraction of sp³-hybridized carbons (Fsp3) is 0.176. The highest BCUT2D eigenvalue weighted by Crippen LogP contribution is 2.24. The van der Waals surface area contributed by atoms with Crippen LogP contribution in [0.3, 0.4) is 0 Å². The van der Waals surface area contributed by atoms with Crippen molar-refractivity contribution in [2.75, 3.05) is 0 Å². The molecule has 1 unspecified atom stereocenters. The normalized spacial score (nSPS) is 12.9. The number of hydrogen-bond donors (Lipinski definition) is 0. The smallest absolute Gasteiger partial charge is 0.273 e. The van der Waals surface area contributed by atoms with Gasteiger partial charge in [-0.3, -0.25) is 19.5 Å². The van der Waals surface area contributed by atoms with Gasteiger partial charge in [0.05, 0.1) is 22.0 Å². The van der Waals surface area contributed by atoms with Crippen LogP contribution in [0.5, 0.6) is 0 Å². The van der Waals surface area contributed by atoms with Crippen molar-refractivity contribution < 1.29 is 4.92 Å². The zero-order valence-electron chi connectivity index (χ0n) is 13.0. The number of benzene rings is 1. The van der Waals surface area contributed by atoms with Gasteiger partial charge in [-0.2, -0.15) is 0 Å². The molecule has 6 heteroatoms. The van der Waals surface area contributed by atoms with Gasteiger partial charge < -0.3 is 0 Å². The monoisotopic (exact) mass is 311 g/mol. The van der Waals surface area contributed by atoms with E-state index < -0.39 is 4.92 Å². The third-order valence-corrected chi connectivity index (χ3v) is 3.66. The SMILES string of the molecule is C=C/C=C(\C=C)C(C)n1c(=O)c(C)nc2cc([N+](=O)[O-])ccc21. The molecule has 0 aliphatic carbocycles. The number of aryl methyl sites for hydroxylation is 1. The predicted octanol–water partition coefficient (Wildman–Crippen LogP) is 3.47. The molecule has 0 saturated carbocycles. The summed E-state index contributed by atoms with van der Waals surface area (Å²) in [5.74, 6) is 0. The van der Waals surface area contributed by atoms with E-state index in [-0.39, 0.29) is 23.0 Å². The van der Waals surface area contributed by atoms with Crippen LogP contribution in [0.25, 0.3) is 11.0 Å². The highest BCUT2D eigenvalue weighted by Gasteiger charge is 2.17. The highest BCUT2D eigenvalue weighted by molar-refractivity contribution is 5.78. The van der Waals surface area contributed by atoms with E-state index in [0.29, 0.717) is 11.0 Å². The first kappa shape index (κ1) is 16.4. The number of allylic oxidation sites excluding steroid dienone is 4. The van der Waals surface area contributed by atoms with Gasteiger partial charge in [0.1, 0.15) is 5.69 Å². The highest BCUT2D eigenvalue weighted by atomic mass is 16.6. The maximum Gasteiger partial charge on any atom is 0.273 e. The molecule has 1 aromatic carbocycles. The zero-order valence-corrected chi connectivity index (χ0v) is 13.0. The van der Waals surface area contributed by atoms with Gasteiger partial charge in [-0.15, -0.1) is 0 Å². The molecule has 0 amide bonds. The summed E-state index contributed by atoms with van der Waals surface area (Å²) in [7, 11) is 0. The molecule has 118 valence electrons. The molecule has 1 atom stereocenters. The summed E-state index contributed by atoms with van der Waals surface area (Å²) in [6, 6.07) is 3.98. The number of hydrogen-bond acceptors (Lipinski definition) is 4. The van der Waals surface area contributed by atoms with Crippen molar-refractivity contribution in [2.45, 2.75) is 19.9 Å². The molecular formula is C17H17N3O3. The molecule has 1 aromatic heterocycles. The van der Waals surface area contributed by atoms with Crippen LogP contribution in [-0.2, 0) is 0 Å². The first-order valence-corrected chi connectivity index (χ1v) is 7.03. The number of non-ortho nitro benzene ring substituents is 1. The van der Waals surface area contributed by atoms with Crippen LogP contribution in [0.1, 0.15) is 18.7 Å². The van der Waals surface area contributed by atoms with Crippen molar-refractivity contribution >= 4 is 16.7 Å². The van der Waals surface area contributed by atoms with Crippen LogP contribution >= 0.6 is 0 Å². The number of nitrogens with zero attached hydrogens (tertiary/aromatic N) is 3. The van der Waals surface area contributed by atoms with Crippen molar-refractivity contribution in [3.63, 3.8) is 0 Å². The minimum Gasteiger partial charge on any atom is -0.298 e. The minimum atomic E-state index is -0.484. The number of nitro benzene ring substituents is 1. The second kappa shape index (κ2) is 6.39. The lowest BCUT2D eigenvalue weighted by Gasteiger charge is -2.19. The summed E-state index contributed by atoms with van der Waals surface area (Å²) in [6.07, 6.45) is 5.06. The maximum absolute atomic E-state index is 12.5. The van der Waals surface area contributed by atoms with Gasteiger partial charge >= 0.3 is 0 Å². The molecule has 0 saturated heterocycles. The largest absolute Gasteiger partial charge is 0.298 e. The molecule has 0 radical (unpaired) electrons. The molecule has 2 rings (SSSR count). The Morgan fingerprint density at radius 1 is 1.43 bits per heavy atom. The van der Waals surface area contributed by atoms with E-state index in [9.17, 15) is 14.9 Å². The van der Waals surface area contributed by atoms with Gasteiger partial charge in [0.25, 0.3) is 11.2 Å². The molecular weight excluding hydrogens is 294 g/mol. The Hall–Kier alpha value is -3.02. The molecule has 0 N–H and O–H groups in total. The van der Waals surface area contributed by atoms with Gasteiger partial charge in [-0.1, -0.05) is 31.4 Å². The summed E-state index contributed by atoms with van der Waals surface area (Å²) >= 11 is 0. The van der Waals surface area contributed by atoms with Gasteiger partial charge in [-0.25, -0.2) is 4.98 Å². The van der Waals surface area contributed by atoms with Gasteiger partial charge in [-0.05, 0) is 25.5 Å². The third kappa shape index (κ3) is 2.96. The van der Waals surface area contributed by atoms with E-state index in [1.807, 2.05) is 6.92 Å². The van der Waals surface area contributed by atoms with Crippen LogP contribution in [-0.4, -0.2) is 14.5 Å². The first-order chi connectivity index (χ1) is 10.9. The molecule has 2 aromatic rings. The van der Waals surface area contributed by atoms with Gasteiger partial charge in [0, 0.05) is 12.1 Å². The molecule has 1 heterocycles. The van der Waals surface area contributed by atoms with Crippen molar-refractivity contribution in [2.24, 2.45) is 0 Å². The molecule has 6 nitrogen and oxygen atoms in total. The fourth-order valence-corrected chi connectivity index (χ4v) is 2.48. The van der Waals surface area contributed by atoms with Gasteiger partial charge in [0.15, 0.2) is 0 Å². The number of rotatable bonds is 5. The van der Waals surface area contributed by atoms with Crippen molar-refractivity contribution in [3.8, 4) is 0 Å². The Kier molecular flexibility index (Phi) is 4.55. The average molecular weight is 311 g/mol. The maximum atomic E-state index is 12.5. The van der Waals surface area contributed by atoms with Crippen molar-refractivity contribution in [1.29, 1.82) is 0 Å². The van der Waals surface area contributed by atoms with E-state index in [4.69, 9.17) is 0 Å². The third-order valence-electron chi connectivity index (χ3n) is 3.66. The summed E-state index contributed by atoms with van der Waals surface area (Å²) < 4.78 is 1.57. The standard InChI is InChI=1S/C17H17N3O3/c1-5-7-13(6-2)12(4)19-16-9-8-14(20(22)23)10-15(16)18-11(3)17(19)21/h5-10,12H,1-2H2,3-4H3/b13-7+. The molecule has 23 heavy (non-hydrogen) atoms. The second-order valence-electron chi connectivity index (χ2n) is 5.08. The van der Waals surface area contributed by atoms with Crippen LogP contribution in [0, 0.1) is 17.0 Å². The number of nitro groups is 1. The predicted molar refractivity (Wildman–Crippen MR) is 90.6 cm³/mol. The molecule has 0 bridgehead atoms. The number of fused-ring (bicyclic) bond motifs is 1. The van der Waals surface area contributed by atoms with E-state index in [1.54, 1.807) is 35.8 Å². The summed E-state index contributed by atoms with van der Waals surface area (Å²) in [5.41, 5.74) is 1.74. The summed E-state index contributed by atoms with van der Waals surface area (Å²) in [4.78, 5) is 27.2. The number of aromatic nitrogens is 2. The van der Waals surface area contributed by atoms with Crippen LogP contribution < -0.4 is 5.56 Å². The minimum absolute atomic E-state index is 0.0622. The Bertz CT molecular complexity index is 894. The van der Waals surface area contributed by atoms with Crippen molar-refractivity contribution in [3.05, 3.63) is 81.3 Å². The van der Waals surface area contributed by atoms with E-state index >= 15 is 0 Å². The fourth-order valence-electron chi connectivity index (χ4n) is 2.48. The van der Waals surface area contributed by atoms with Crippen molar-refractivity contribution in [1.82, 2.24) is 9.55 Å². The quantitative estimate of drug-likeness (QED) is 0.481. The lowest BCUT2D eigenvalue weighted by atomic mass is 10.1. The lowest BCUT2D eigenvalue weighted by Crippen LogP contribution is -2.27. The molecule has 0 aliphatic heterocycles. The van der Waals surface area contributed by atoms with E-state index in [1.165, 1.54) is 12.1 Å².